The SMILES string of the molecule is OCC1CCC(NC[C@H]2CC=CCC2)CC1. The fourth-order valence-corrected chi connectivity index (χ4v) is 2.92. The summed E-state index contributed by atoms with van der Waals surface area (Å²) in [6, 6.07) is 0.716. The van der Waals surface area contributed by atoms with Crippen LogP contribution in [-0.4, -0.2) is 24.3 Å². The molecule has 2 aliphatic rings. The summed E-state index contributed by atoms with van der Waals surface area (Å²) in [6.45, 7) is 1.58. The van der Waals surface area contributed by atoms with Crippen LogP contribution in [0.25, 0.3) is 0 Å². The molecular weight excluding hydrogens is 198 g/mol. The maximum atomic E-state index is 9.08. The van der Waals surface area contributed by atoms with Crippen molar-refractivity contribution in [2.75, 3.05) is 13.2 Å². The van der Waals surface area contributed by atoms with Crippen LogP contribution in [0.3, 0.4) is 0 Å². The van der Waals surface area contributed by atoms with Gasteiger partial charge in [-0.25, -0.2) is 0 Å². The van der Waals surface area contributed by atoms with Crippen LogP contribution in [0.15, 0.2) is 12.2 Å². The average molecular weight is 223 g/mol. The minimum atomic E-state index is 0.389. The third-order valence-electron chi connectivity index (χ3n) is 4.18. The summed E-state index contributed by atoms with van der Waals surface area (Å²) in [7, 11) is 0. The number of hydrogen-bond acceptors (Lipinski definition) is 2. The second-order valence-electron chi connectivity index (χ2n) is 5.46. The molecule has 0 saturated heterocycles. The third kappa shape index (κ3) is 3.60. The van der Waals surface area contributed by atoms with Crippen molar-refractivity contribution in [2.45, 2.75) is 51.0 Å². The molecule has 2 rings (SSSR count). The van der Waals surface area contributed by atoms with E-state index < -0.39 is 0 Å². The van der Waals surface area contributed by atoms with E-state index in [1.54, 1.807) is 0 Å². The van der Waals surface area contributed by atoms with Gasteiger partial charge in [0.15, 0.2) is 0 Å². The zero-order valence-corrected chi connectivity index (χ0v) is 10.2. The molecule has 2 N–H and O–H groups in total. The molecule has 1 fully saturated rings. The van der Waals surface area contributed by atoms with Gasteiger partial charge >= 0.3 is 0 Å². The first kappa shape index (κ1) is 12.1. The summed E-state index contributed by atoms with van der Waals surface area (Å²) in [4.78, 5) is 0. The molecule has 0 bridgehead atoms. The predicted molar refractivity (Wildman–Crippen MR) is 67.3 cm³/mol. The Morgan fingerprint density at radius 3 is 2.44 bits per heavy atom. The summed E-state index contributed by atoms with van der Waals surface area (Å²) in [6.07, 6.45) is 13.5. The van der Waals surface area contributed by atoms with Crippen LogP contribution in [-0.2, 0) is 0 Å². The van der Waals surface area contributed by atoms with Gasteiger partial charge in [0, 0.05) is 12.6 Å². The summed E-state index contributed by atoms with van der Waals surface area (Å²) in [5.41, 5.74) is 0. The zero-order chi connectivity index (χ0) is 11.2. The fourth-order valence-electron chi connectivity index (χ4n) is 2.92. The Kier molecular flexibility index (Phi) is 4.86. The van der Waals surface area contributed by atoms with Crippen LogP contribution in [0.2, 0.25) is 0 Å². The Morgan fingerprint density at radius 2 is 1.81 bits per heavy atom. The summed E-state index contributed by atoms with van der Waals surface area (Å²) in [5, 5.41) is 12.8. The fraction of sp³-hybridized carbons (Fsp3) is 0.857. The molecule has 2 nitrogen and oxygen atoms in total. The maximum absolute atomic E-state index is 9.08. The van der Waals surface area contributed by atoms with Crippen LogP contribution in [0, 0.1) is 11.8 Å². The molecule has 0 aromatic heterocycles. The molecule has 16 heavy (non-hydrogen) atoms. The Morgan fingerprint density at radius 1 is 1.00 bits per heavy atom. The number of aliphatic hydroxyl groups excluding tert-OH is 1. The van der Waals surface area contributed by atoms with E-state index in [2.05, 4.69) is 17.5 Å². The Bertz CT molecular complexity index is 219. The van der Waals surface area contributed by atoms with Crippen molar-refractivity contribution in [3.63, 3.8) is 0 Å². The van der Waals surface area contributed by atoms with Gasteiger partial charge in [0.05, 0.1) is 0 Å². The lowest BCUT2D eigenvalue weighted by molar-refractivity contribution is 0.173. The topological polar surface area (TPSA) is 32.3 Å². The van der Waals surface area contributed by atoms with Gasteiger partial charge in [0.1, 0.15) is 0 Å². The standard InChI is InChI=1S/C14H25NO/c16-11-13-6-8-14(9-7-13)15-10-12-4-2-1-3-5-12/h1-2,12-16H,3-11H2/t12-,13?,14?/m0/s1. The molecule has 92 valence electrons. The second kappa shape index (κ2) is 6.41. The lowest BCUT2D eigenvalue weighted by atomic mass is 9.86. The molecule has 0 aliphatic heterocycles. The van der Waals surface area contributed by atoms with Crippen LogP contribution in [0.4, 0.5) is 0 Å². The van der Waals surface area contributed by atoms with E-state index in [1.807, 2.05) is 0 Å². The smallest absolute Gasteiger partial charge is 0.0459 e. The number of hydrogen-bond donors (Lipinski definition) is 2. The van der Waals surface area contributed by atoms with E-state index >= 15 is 0 Å². The van der Waals surface area contributed by atoms with Gasteiger partial charge in [0.25, 0.3) is 0 Å². The molecule has 0 unspecified atom stereocenters. The van der Waals surface area contributed by atoms with E-state index in [-0.39, 0.29) is 0 Å². The molecule has 1 saturated carbocycles. The van der Waals surface area contributed by atoms with E-state index in [1.165, 1.54) is 51.5 Å². The van der Waals surface area contributed by atoms with Gasteiger partial charge in [0.2, 0.25) is 0 Å². The molecular formula is C14H25NO. The molecule has 1 atom stereocenters. The monoisotopic (exact) mass is 223 g/mol. The molecule has 2 heteroatoms. The van der Waals surface area contributed by atoms with Gasteiger partial charge in [-0.15, -0.1) is 0 Å². The highest BCUT2D eigenvalue weighted by atomic mass is 16.3. The Hall–Kier alpha value is -0.340. The molecule has 0 aromatic carbocycles. The number of rotatable bonds is 4. The minimum absolute atomic E-state index is 0.389. The van der Waals surface area contributed by atoms with Crippen LogP contribution in [0.5, 0.6) is 0 Å². The first-order valence-electron chi connectivity index (χ1n) is 6.87. The molecule has 0 amide bonds. The second-order valence-corrected chi connectivity index (χ2v) is 5.46. The summed E-state index contributed by atoms with van der Waals surface area (Å²) in [5.74, 6) is 1.44. The van der Waals surface area contributed by atoms with E-state index in [4.69, 9.17) is 5.11 Å². The van der Waals surface area contributed by atoms with Crippen LogP contribution >= 0.6 is 0 Å². The van der Waals surface area contributed by atoms with Crippen molar-refractivity contribution in [1.29, 1.82) is 0 Å². The van der Waals surface area contributed by atoms with Gasteiger partial charge in [-0.1, -0.05) is 12.2 Å². The lowest BCUT2D eigenvalue weighted by Crippen LogP contribution is -2.37. The number of nitrogens with one attached hydrogen (secondary N) is 1. The van der Waals surface area contributed by atoms with E-state index in [0.29, 0.717) is 18.6 Å². The molecule has 0 spiro atoms. The van der Waals surface area contributed by atoms with Crippen LogP contribution < -0.4 is 5.32 Å². The minimum Gasteiger partial charge on any atom is -0.396 e. The van der Waals surface area contributed by atoms with Gasteiger partial charge in [-0.2, -0.15) is 0 Å². The summed E-state index contributed by atoms with van der Waals surface area (Å²) >= 11 is 0. The highest BCUT2D eigenvalue weighted by Crippen LogP contribution is 2.24. The van der Waals surface area contributed by atoms with Gasteiger partial charge < -0.3 is 10.4 Å². The molecule has 0 radical (unpaired) electrons. The molecule has 0 aromatic rings. The first-order valence-corrected chi connectivity index (χ1v) is 6.87. The van der Waals surface area contributed by atoms with E-state index in [0.717, 1.165) is 5.92 Å². The summed E-state index contributed by atoms with van der Waals surface area (Å²) < 4.78 is 0. The van der Waals surface area contributed by atoms with Gasteiger partial charge in [-0.3, -0.25) is 0 Å². The molecule has 2 aliphatic carbocycles. The maximum Gasteiger partial charge on any atom is 0.0459 e. The lowest BCUT2D eigenvalue weighted by Gasteiger charge is -2.29. The number of aliphatic hydroxyl groups is 1. The predicted octanol–water partition coefficient (Wildman–Crippen LogP) is 2.48. The van der Waals surface area contributed by atoms with Gasteiger partial charge in [-0.05, 0) is 63.3 Å². The van der Waals surface area contributed by atoms with Crippen LogP contribution in [0.1, 0.15) is 44.9 Å². The van der Waals surface area contributed by atoms with Crippen molar-refractivity contribution in [3.8, 4) is 0 Å². The molecule has 0 heterocycles. The largest absolute Gasteiger partial charge is 0.396 e. The zero-order valence-electron chi connectivity index (χ0n) is 10.2. The highest BCUT2D eigenvalue weighted by Gasteiger charge is 2.21. The van der Waals surface area contributed by atoms with Crippen molar-refractivity contribution >= 4 is 0 Å². The third-order valence-corrected chi connectivity index (χ3v) is 4.18. The quantitative estimate of drug-likeness (QED) is 0.718. The Balaban J connectivity index is 1.61. The van der Waals surface area contributed by atoms with E-state index in [9.17, 15) is 0 Å². The van der Waals surface area contributed by atoms with Crippen molar-refractivity contribution < 1.29 is 5.11 Å². The first-order chi connectivity index (χ1) is 7.88. The Labute approximate surface area is 99.1 Å². The normalized spacial score (nSPS) is 35.2. The van der Waals surface area contributed by atoms with Crippen molar-refractivity contribution in [2.24, 2.45) is 11.8 Å². The van der Waals surface area contributed by atoms with Crippen molar-refractivity contribution in [1.82, 2.24) is 5.32 Å². The average Bonchev–Trinajstić information content (AvgIpc) is 2.38. The number of allylic oxidation sites excluding steroid dienone is 2. The van der Waals surface area contributed by atoms with Crippen molar-refractivity contribution in [3.05, 3.63) is 12.2 Å². The highest BCUT2D eigenvalue weighted by molar-refractivity contribution is 4.91.